The summed E-state index contributed by atoms with van der Waals surface area (Å²) in [5.41, 5.74) is 1.19. The molecule has 72 valence electrons. The summed E-state index contributed by atoms with van der Waals surface area (Å²) >= 11 is 0. The summed E-state index contributed by atoms with van der Waals surface area (Å²) in [6.45, 7) is 4.45. The third-order valence-corrected chi connectivity index (χ3v) is 1.93. The predicted octanol–water partition coefficient (Wildman–Crippen LogP) is 1.11. The summed E-state index contributed by atoms with van der Waals surface area (Å²) in [6.07, 6.45) is 3.25. The molecule has 1 rings (SSSR count). The van der Waals surface area contributed by atoms with Gasteiger partial charge >= 0.3 is 0 Å². The van der Waals surface area contributed by atoms with Crippen molar-refractivity contribution in [3.8, 4) is 0 Å². The monoisotopic (exact) mass is 180 g/mol. The standard InChI is InChI=1S/C10H16N2O/c1-8(13)7-12-9(2)10-3-5-11-6-4-10/h3-6,8-9,12-13H,7H2,1-2H3/t8-,9?/m1/s1. The summed E-state index contributed by atoms with van der Waals surface area (Å²) in [5, 5.41) is 12.3. The van der Waals surface area contributed by atoms with E-state index in [0.717, 1.165) is 0 Å². The van der Waals surface area contributed by atoms with Crippen LogP contribution in [0.3, 0.4) is 0 Å². The Labute approximate surface area is 78.8 Å². The maximum absolute atomic E-state index is 9.07. The van der Waals surface area contributed by atoms with Gasteiger partial charge in [-0.1, -0.05) is 0 Å². The van der Waals surface area contributed by atoms with E-state index in [1.807, 2.05) is 12.1 Å². The highest BCUT2D eigenvalue weighted by Gasteiger charge is 2.04. The number of hydrogen-bond donors (Lipinski definition) is 2. The van der Waals surface area contributed by atoms with Crippen LogP contribution in [0.5, 0.6) is 0 Å². The van der Waals surface area contributed by atoms with Crippen LogP contribution in [0.15, 0.2) is 24.5 Å². The number of rotatable bonds is 4. The molecule has 3 heteroatoms. The van der Waals surface area contributed by atoms with Gasteiger partial charge in [0.05, 0.1) is 6.10 Å². The zero-order chi connectivity index (χ0) is 9.68. The minimum absolute atomic E-state index is 0.262. The molecule has 0 radical (unpaired) electrons. The second kappa shape index (κ2) is 4.94. The number of aliphatic hydroxyl groups excluding tert-OH is 1. The Balaban J connectivity index is 2.44. The van der Waals surface area contributed by atoms with Crippen LogP contribution >= 0.6 is 0 Å². The van der Waals surface area contributed by atoms with Crippen molar-refractivity contribution in [3.63, 3.8) is 0 Å². The van der Waals surface area contributed by atoms with E-state index in [2.05, 4.69) is 17.2 Å². The highest BCUT2D eigenvalue weighted by atomic mass is 16.3. The molecule has 1 aromatic rings. The Kier molecular flexibility index (Phi) is 3.86. The van der Waals surface area contributed by atoms with Crippen LogP contribution in [-0.2, 0) is 0 Å². The maximum atomic E-state index is 9.07. The van der Waals surface area contributed by atoms with Gasteiger partial charge in [-0.15, -0.1) is 0 Å². The van der Waals surface area contributed by atoms with Crippen LogP contribution in [0, 0.1) is 0 Å². The predicted molar refractivity (Wildman–Crippen MR) is 52.3 cm³/mol. The third-order valence-electron chi connectivity index (χ3n) is 1.93. The van der Waals surface area contributed by atoms with Crippen molar-refractivity contribution in [1.29, 1.82) is 0 Å². The lowest BCUT2D eigenvalue weighted by Gasteiger charge is -2.14. The van der Waals surface area contributed by atoms with E-state index >= 15 is 0 Å². The van der Waals surface area contributed by atoms with E-state index in [0.29, 0.717) is 6.54 Å². The maximum Gasteiger partial charge on any atom is 0.0636 e. The van der Waals surface area contributed by atoms with Gasteiger partial charge in [0.1, 0.15) is 0 Å². The molecule has 1 heterocycles. The highest BCUT2D eigenvalue weighted by molar-refractivity contribution is 5.13. The number of nitrogens with zero attached hydrogens (tertiary/aromatic N) is 1. The molecule has 3 nitrogen and oxygen atoms in total. The molecule has 13 heavy (non-hydrogen) atoms. The fraction of sp³-hybridized carbons (Fsp3) is 0.500. The zero-order valence-electron chi connectivity index (χ0n) is 8.07. The first kappa shape index (κ1) is 10.2. The molecule has 0 saturated carbocycles. The average Bonchev–Trinajstić information content (AvgIpc) is 2.15. The van der Waals surface area contributed by atoms with Crippen molar-refractivity contribution in [3.05, 3.63) is 30.1 Å². The number of aromatic nitrogens is 1. The van der Waals surface area contributed by atoms with Crippen molar-refractivity contribution in [1.82, 2.24) is 10.3 Å². The van der Waals surface area contributed by atoms with E-state index in [1.165, 1.54) is 5.56 Å². The Morgan fingerprint density at radius 3 is 2.54 bits per heavy atom. The van der Waals surface area contributed by atoms with E-state index < -0.39 is 0 Å². The fourth-order valence-electron chi connectivity index (χ4n) is 1.12. The lowest BCUT2D eigenvalue weighted by atomic mass is 10.1. The van der Waals surface area contributed by atoms with Crippen LogP contribution in [0.2, 0.25) is 0 Å². The summed E-state index contributed by atoms with van der Waals surface area (Å²) in [7, 11) is 0. The lowest BCUT2D eigenvalue weighted by molar-refractivity contribution is 0.187. The van der Waals surface area contributed by atoms with Gasteiger partial charge in [-0.05, 0) is 31.5 Å². The molecule has 0 bridgehead atoms. The normalized spacial score (nSPS) is 15.3. The Morgan fingerprint density at radius 2 is 2.00 bits per heavy atom. The Hall–Kier alpha value is -0.930. The number of pyridine rings is 1. The fourth-order valence-corrected chi connectivity index (χ4v) is 1.12. The number of hydrogen-bond acceptors (Lipinski definition) is 3. The third kappa shape index (κ3) is 3.53. The van der Waals surface area contributed by atoms with Crippen molar-refractivity contribution >= 4 is 0 Å². The topological polar surface area (TPSA) is 45.1 Å². The van der Waals surface area contributed by atoms with Crippen LogP contribution in [0.1, 0.15) is 25.5 Å². The summed E-state index contributed by atoms with van der Waals surface area (Å²) < 4.78 is 0. The molecule has 1 aromatic heterocycles. The molecule has 2 atom stereocenters. The SMILES string of the molecule is CC(NC[C@@H](C)O)c1ccncc1. The van der Waals surface area contributed by atoms with Crippen LogP contribution in [0.4, 0.5) is 0 Å². The summed E-state index contributed by atoms with van der Waals surface area (Å²) in [5.74, 6) is 0. The molecular weight excluding hydrogens is 164 g/mol. The largest absolute Gasteiger partial charge is 0.392 e. The molecular formula is C10H16N2O. The average molecular weight is 180 g/mol. The first-order valence-electron chi connectivity index (χ1n) is 4.51. The minimum atomic E-state index is -0.302. The molecule has 0 saturated heterocycles. The van der Waals surface area contributed by atoms with Gasteiger partial charge in [0.2, 0.25) is 0 Å². The summed E-state index contributed by atoms with van der Waals surface area (Å²) in [4.78, 5) is 3.95. The smallest absolute Gasteiger partial charge is 0.0636 e. The van der Waals surface area contributed by atoms with Gasteiger partial charge in [0.15, 0.2) is 0 Å². The van der Waals surface area contributed by atoms with Gasteiger partial charge in [-0.2, -0.15) is 0 Å². The molecule has 0 aliphatic rings. The lowest BCUT2D eigenvalue weighted by Crippen LogP contribution is -2.27. The molecule has 2 N–H and O–H groups in total. The van der Waals surface area contributed by atoms with Crippen molar-refractivity contribution < 1.29 is 5.11 Å². The van der Waals surface area contributed by atoms with Crippen LogP contribution < -0.4 is 5.32 Å². The minimum Gasteiger partial charge on any atom is -0.392 e. The number of aliphatic hydroxyl groups is 1. The first-order chi connectivity index (χ1) is 6.20. The van der Waals surface area contributed by atoms with Crippen LogP contribution in [-0.4, -0.2) is 22.7 Å². The molecule has 0 aliphatic carbocycles. The van der Waals surface area contributed by atoms with Crippen LogP contribution in [0.25, 0.3) is 0 Å². The van der Waals surface area contributed by atoms with E-state index in [9.17, 15) is 0 Å². The molecule has 1 unspecified atom stereocenters. The second-order valence-corrected chi connectivity index (χ2v) is 3.26. The van der Waals surface area contributed by atoms with Crippen molar-refractivity contribution in [2.24, 2.45) is 0 Å². The molecule has 0 aliphatic heterocycles. The zero-order valence-corrected chi connectivity index (χ0v) is 8.07. The Morgan fingerprint density at radius 1 is 1.38 bits per heavy atom. The molecule has 0 spiro atoms. The molecule has 0 fully saturated rings. The van der Waals surface area contributed by atoms with Gasteiger partial charge in [0, 0.05) is 25.0 Å². The van der Waals surface area contributed by atoms with Crippen molar-refractivity contribution in [2.75, 3.05) is 6.54 Å². The quantitative estimate of drug-likeness (QED) is 0.729. The van der Waals surface area contributed by atoms with E-state index in [-0.39, 0.29) is 12.1 Å². The first-order valence-corrected chi connectivity index (χ1v) is 4.51. The highest BCUT2D eigenvalue weighted by Crippen LogP contribution is 2.09. The van der Waals surface area contributed by atoms with Gasteiger partial charge in [-0.3, -0.25) is 4.98 Å². The summed E-state index contributed by atoms with van der Waals surface area (Å²) in [6, 6.07) is 4.21. The van der Waals surface area contributed by atoms with E-state index in [1.54, 1.807) is 19.3 Å². The Bertz CT molecular complexity index is 236. The molecule has 0 amide bonds. The second-order valence-electron chi connectivity index (χ2n) is 3.26. The van der Waals surface area contributed by atoms with Crippen molar-refractivity contribution in [2.45, 2.75) is 26.0 Å². The van der Waals surface area contributed by atoms with Gasteiger partial charge < -0.3 is 10.4 Å². The van der Waals surface area contributed by atoms with Gasteiger partial charge in [-0.25, -0.2) is 0 Å². The van der Waals surface area contributed by atoms with E-state index in [4.69, 9.17) is 5.11 Å². The molecule has 0 aromatic carbocycles. The van der Waals surface area contributed by atoms with Gasteiger partial charge in [0.25, 0.3) is 0 Å². The number of nitrogens with one attached hydrogen (secondary N) is 1.